The van der Waals surface area contributed by atoms with Crippen molar-refractivity contribution in [1.82, 2.24) is 40.0 Å². The predicted octanol–water partition coefficient (Wildman–Crippen LogP) is 0.777. The molecule has 1 amide bonds. The molecule has 1 aromatic carbocycles. The van der Waals surface area contributed by atoms with E-state index >= 15 is 0 Å². The minimum atomic E-state index is -0.525. The maximum Gasteiger partial charge on any atom is 0.253 e. The number of carbonyl (C=O) groups excluding carboxylic acids is 1. The lowest BCUT2D eigenvalue weighted by molar-refractivity contribution is -0.141. The minimum absolute atomic E-state index is 0.0227. The minimum Gasteiger partial charge on any atom is -0.370 e. The standard InChI is InChI=1S/C23H22FN9O2/c24-19-3-1-14(7-15(19)8-25)21-11-31-5-6-32(10-16(31)12-35-21)22(34)17-2-4-20-18(17)9-26-23(28-20)33-13-27-29-30-33/h1,3,7,9,13,16-17,21H,2,4-6,10-12H2/t16-,17?,21-/m0/s1. The van der Waals surface area contributed by atoms with Crippen LogP contribution in [-0.4, -0.2) is 84.7 Å². The SMILES string of the molecule is N#Cc1cc([C@@H]2CN3CCN(C(=O)C4CCc5nc(-n6cnnn6)ncc54)C[C@H]3CO2)ccc1F. The summed E-state index contributed by atoms with van der Waals surface area (Å²) in [5.41, 5.74) is 2.55. The van der Waals surface area contributed by atoms with Crippen molar-refractivity contribution in [3.8, 4) is 12.0 Å². The number of nitriles is 1. The van der Waals surface area contributed by atoms with Crippen molar-refractivity contribution in [2.45, 2.75) is 30.9 Å². The van der Waals surface area contributed by atoms with Crippen molar-refractivity contribution in [3.63, 3.8) is 0 Å². The topological polar surface area (TPSA) is 126 Å². The number of morpholine rings is 1. The molecule has 2 saturated heterocycles. The van der Waals surface area contributed by atoms with Crippen LogP contribution in [0.2, 0.25) is 0 Å². The number of amides is 1. The number of aryl methyl sites for hydroxylation is 1. The molecule has 1 unspecified atom stereocenters. The Kier molecular flexibility index (Phi) is 5.43. The Labute approximate surface area is 200 Å². The monoisotopic (exact) mass is 475 g/mol. The van der Waals surface area contributed by atoms with Gasteiger partial charge in [-0.15, -0.1) is 5.10 Å². The number of benzene rings is 1. The second-order valence-electron chi connectivity index (χ2n) is 9.02. The summed E-state index contributed by atoms with van der Waals surface area (Å²) in [5, 5.41) is 20.2. The van der Waals surface area contributed by atoms with E-state index in [0.29, 0.717) is 45.0 Å². The maximum absolute atomic E-state index is 13.7. The molecule has 12 heteroatoms. The van der Waals surface area contributed by atoms with Crippen LogP contribution in [0.5, 0.6) is 0 Å². The summed E-state index contributed by atoms with van der Waals surface area (Å²) in [6.45, 7) is 3.06. The van der Waals surface area contributed by atoms with Crippen molar-refractivity contribution in [3.05, 3.63) is 58.9 Å². The number of piperazine rings is 1. The fourth-order valence-electron chi connectivity index (χ4n) is 5.20. The Morgan fingerprint density at radius 3 is 3.00 bits per heavy atom. The van der Waals surface area contributed by atoms with Gasteiger partial charge in [-0.05, 0) is 41.0 Å². The maximum atomic E-state index is 13.7. The number of halogens is 1. The molecule has 0 saturated carbocycles. The molecule has 0 bridgehead atoms. The number of hydrogen-bond acceptors (Lipinski definition) is 9. The van der Waals surface area contributed by atoms with Crippen molar-refractivity contribution < 1.29 is 13.9 Å². The van der Waals surface area contributed by atoms with Gasteiger partial charge >= 0.3 is 0 Å². The van der Waals surface area contributed by atoms with Crippen molar-refractivity contribution >= 4 is 5.91 Å². The first-order chi connectivity index (χ1) is 17.1. The molecule has 178 valence electrons. The van der Waals surface area contributed by atoms with E-state index in [9.17, 15) is 9.18 Å². The van der Waals surface area contributed by atoms with E-state index in [1.807, 2.05) is 11.0 Å². The van der Waals surface area contributed by atoms with Crippen LogP contribution in [0.1, 0.15) is 40.8 Å². The molecular weight excluding hydrogens is 453 g/mol. The van der Waals surface area contributed by atoms with Crippen LogP contribution in [0.25, 0.3) is 5.95 Å². The first-order valence-corrected chi connectivity index (χ1v) is 11.5. The highest BCUT2D eigenvalue weighted by Gasteiger charge is 2.39. The highest BCUT2D eigenvalue weighted by molar-refractivity contribution is 5.85. The lowest BCUT2D eigenvalue weighted by Crippen LogP contribution is -2.60. The first-order valence-electron chi connectivity index (χ1n) is 11.5. The molecule has 2 aromatic heterocycles. The molecule has 11 nitrogen and oxygen atoms in total. The summed E-state index contributed by atoms with van der Waals surface area (Å²) in [7, 11) is 0. The second kappa shape index (κ2) is 8.75. The molecule has 1 aliphatic carbocycles. The highest BCUT2D eigenvalue weighted by Crippen LogP contribution is 2.35. The molecule has 2 fully saturated rings. The molecule has 0 radical (unpaired) electrons. The zero-order valence-electron chi connectivity index (χ0n) is 18.8. The quantitative estimate of drug-likeness (QED) is 0.540. The number of rotatable bonds is 3. The van der Waals surface area contributed by atoms with Gasteiger partial charge in [0, 0.05) is 37.9 Å². The zero-order chi connectivity index (χ0) is 23.9. The van der Waals surface area contributed by atoms with Crippen LogP contribution in [0.4, 0.5) is 4.39 Å². The Balaban J connectivity index is 1.11. The summed E-state index contributed by atoms with van der Waals surface area (Å²) in [6.07, 6.45) is 4.34. The van der Waals surface area contributed by atoms with Gasteiger partial charge in [0.15, 0.2) is 0 Å². The summed E-state index contributed by atoms with van der Waals surface area (Å²) < 4.78 is 21.2. The average Bonchev–Trinajstić information content (AvgIpc) is 3.58. The lowest BCUT2D eigenvalue weighted by Gasteiger charge is -2.46. The molecule has 6 rings (SSSR count). The number of hydrogen-bond donors (Lipinski definition) is 0. The second-order valence-corrected chi connectivity index (χ2v) is 9.02. The third-order valence-corrected chi connectivity index (χ3v) is 7.07. The van der Waals surface area contributed by atoms with Crippen molar-refractivity contribution in [2.75, 3.05) is 32.8 Å². The highest BCUT2D eigenvalue weighted by atomic mass is 19.1. The van der Waals surface area contributed by atoms with Crippen LogP contribution < -0.4 is 0 Å². The third-order valence-electron chi connectivity index (χ3n) is 7.07. The van der Waals surface area contributed by atoms with Gasteiger partial charge in [0.25, 0.3) is 5.95 Å². The molecule has 3 aromatic rings. The molecule has 3 atom stereocenters. The van der Waals surface area contributed by atoms with Gasteiger partial charge in [0.05, 0.1) is 35.9 Å². The number of tetrazole rings is 1. The van der Waals surface area contributed by atoms with Crippen LogP contribution in [0, 0.1) is 17.1 Å². The lowest BCUT2D eigenvalue weighted by atomic mass is 9.99. The Bertz CT molecular complexity index is 1310. The first kappa shape index (κ1) is 21.7. The van der Waals surface area contributed by atoms with Gasteiger partial charge in [-0.25, -0.2) is 14.4 Å². The Morgan fingerprint density at radius 2 is 2.17 bits per heavy atom. The molecule has 3 aliphatic rings. The molecule has 2 aliphatic heterocycles. The fourth-order valence-corrected chi connectivity index (χ4v) is 5.20. The summed E-state index contributed by atoms with van der Waals surface area (Å²) in [5.74, 6) is -0.281. The van der Waals surface area contributed by atoms with Crippen LogP contribution in [0.15, 0.2) is 30.7 Å². The predicted molar refractivity (Wildman–Crippen MR) is 118 cm³/mol. The Morgan fingerprint density at radius 1 is 1.26 bits per heavy atom. The smallest absolute Gasteiger partial charge is 0.253 e. The summed E-state index contributed by atoms with van der Waals surface area (Å²) in [6, 6.07) is 6.53. The number of carbonyl (C=O) groups is 1. The van der Waals surface area contributed by atoms with Gasteiger partial charge in [-0.1, -0.05) is 6.07 Å². The van der Waals surface area contributed by atoms with E-state index < -0.39 is 5.82 Å². The van der Waals surface area contributed by atoms with Crippen molar-refractivity contribution in [1.29, 1.82) is 5.26 Å². The number of ether oxygens (including phenoxy) is 1. The molecule has 0 spiro atoms. The number of fused-ring (bicyclic) bond motifs is 2. The molecular formula is C23H22FN9O2. The summed E-state index contributed by atoms with van der Waals surface area (Å²) >= 11 is 0. The largest absolute Gasteiger partial charge is 0.370 e. The summed E-state index contributed by atoms with van der Waals surface area (Å²) in [4.78, 5) is 26.6. The molecule has 35 heavy (non-hydrogen) atoms. The number of nitrogens with zero attached hydrogens (tertiary/aromatic N) is 9. The van der Waals surface area contributed by atoms with Crippen LogP contribution in [-0.2, 0) is 16.0 Å². The van der Waals surface area contributed by atoms with E-state index in [2.05, 4.69) is 30.4 Å². The van der Waals surface area contributed by atoms with E-state index in [1.165, 1.54) is 17.1 Å². The van der Waals surface area contributed by atoms with Gasteiger partial charge in [0.2, 0.25) is 5.91 Å². The van der Waals surface area contributed by atoms with Crippen LogP contribution >= 0.6 is 0 Å². The van der Waals surface area contributed by atoms with Gasteiger partial charge < -0.3 is 9.64 Å². The van der Waals surface area contributed by atoms with Gasteiger partial charge in [-0.2, -0.15) is 9.94 Å². The zero-order valence-corrected chi connectivity index (χ0v) is 18.8. The van der Waals surface area contributed by atoms with E-state index in [1.54, 1.807) is 18.3 Å². The number of aromatic nitrogens is 6. The normalized spacial score (nSPS) is 24.0. The van der Waals surface area contributed by atoms with Crippen molar-refractivity contribution in [2.24, 2.45) is 0 Å². The molecule has 0 N–H and O–H groups in total. The third kappa shape index (κ3) is 3.92. The Hall–Kier alpha value is -3.82. The average molecular weight is 475 g/mol. The van der Waals surface area contributed by atoms with E-state index in [-0.39, 0.29) is 29.5 Å². The fraction of sp³-hybridized carbons (Fsp3) is 0.435. The van der Waals surface area contributed by atoms with E-state index in [4.69, 9.17) is 10.00 Å². The van der Waals surface area contributed by atoms with Gasteiger partial charge in [0.1, 0.15) is 18.2 Å². The van der Waals surface area contributed by atoms with Gasteiger partial charge in [-0.3, -0.25) is 9.69 Å². The van der Waals surface area contributed by atoms with E-state index in [0.717, 1.165) is 23.4 Å². The molecule has 4 heterocycles. The van der Waals surface area contributed by atoms with Crippen LogP contribution in [0.3, 0.4) is 0 Å².